The third kappa shape index (κ3) is 2.81. The Balaban J connectivity index is 3.12. The highest BCUT2D eigenvalue weighted by Gasteiger charge is 2.44. The number of benzene rings is 1. The van der Waals surface area contributed by atoms with Crippen LogP contribution in [-0.4, -0.2) is 23.4 Å². The van der Waals surface area contributed by atoms with Crippen LogP contribution in [0.15, 0.2) is 24.3 Å². The van der Waals surface area contributed by atoms with Gasteiger partial charge in [0.15, 0.2) is 9.84 Å². The number of rotatable bonds is 3. The van der Waals surface area contributed by atoms with Crippen molar-refractivity contribution in [2.24, 2.45) is 0 Å². The maximum Gasteiger partial charge on any atom is 0.247 e. The first-order chi connectivity index (χ1) is 7.16. The molecule has 0 saturated heterocycles. The minimum atomic E-state index is -3.81. The summed E-state index contributed by atoms with van der Waals surface area (Å²) in [6, 6.07) is 5.92. The van der Waals surface area contributed by atoms with E-state index < -0.39 is 19.6 Å². The quantitative estimate of drug-likeness (QED) is 0.873. The van der Waals surface area contributed by atoms with Crippen LogP contribution in [0.3, 0.4) is 0 Å². The second-order valence-electron chi connectivity index (χ2n) is 3.29. The van der Waals surface area contributed by atoms with Crippen LogP contribution >= 0.6 is 34.8 Å². The van der Waals surface area contributed by atoms with Gasteiger partial charge in [-0.2, -0.15) is 0 Å². The number of aliphatic hydroxyl groups excluding tert-OH is 1. The fourth-order valence-electron chi connectivity index (χ4n) is 1.04. The molecule has 0 radical (unpaired) electrons. The smallest absolute Gasteiger partial charge is 0.247 e. The molecular weight excluding hydrogens is 295 g/mol. The molecule has 0 heterocycles. The molecule has 90 valence electrons. The summed E-state index contributed by atoms with van der Waals surface area (Å²) in [5.41, 5.74) is 0.278. The standard InChI is InChI=1S/C9H9Cl3O3S/c1-16(14,15)9(11,12)8(13)6-2-4-7(10)5-3-6/h2-5,8,13H,1H3. The van der Waals surface area contributed by atoms with Gasteiger partial charge in [-0.1, -0.05) is 46.9 Å². The lowest BCUT2D eigenvalue weighted by Crippen LogP contribution is -2.32. The first-order valence-corrected chi connectivity index (χ1v) is 7.19. The van der Waals surface area contributed by atoms with Gasteiger partial charge in [0.05, 0.1) is 0 Å². The zero-order valence-corrected chi connectivity index (χ0v) is 11.3. The van der Waals surface area contributed by atoms with Gasteiger partial charge < -0.3 is 5.11 Å². The van der Waals surface area contributed by atoms with Crippen LogP contribution in [0, 0.1) is 0 Å². The Kier molecular flexibility index (Phi) is 4.13. The van der Waals surface area contributed by atoms with Gasteiger partial charge in [0.2, 0.25) is 3.67 Å². The van der Waals surface area contributed by atoms with Gasteiger partial charge in [-0.25, -0.2) is 8.42 Å². The first-order valence-electron chi connectivity index (χ1n) is 4.17. The number of halogens is 3. The highest BCUT2D eigenvalue weighted by molar-refractivity contribution is 7.94. The number of sulfone groups is 1. The highest BCUT2D eigenvalue weighted by Crippen LogP contribution is 2.40. The van der Waals surface area contributed by atoms with E-state index in [2.05, 4.69) is 0 Å². The molecule has 0 aliphatic heterocycles. The molecule has 0 aromatic heterocycles. The van der Waals surface area contributed by atoms with Crippen molar-refractivity contribution in [2.45, 2.75) is 9.77 Å². The van der Waals surface area contributed by atoms with Gasteiger partial charge in [0.25, 0.3) is 0 Å². The van der Waals surface area contributed by atoms with Gasteiger partial charge in [-0.3, -0.25) is 0 Å². The normalized spacial score (nSPS) is 14.8. The summed E-state index contributed by atoms with van der Waals surface area (Å²) in [6.07, 6.45) is -0.685. The molecule has 0 aliphatic carbocycles. The fourth-order valence-corrected chi connectivity index (χ4v) is 1.96. The van der Waals surface area contributed by atoms with E-state index in [1.165, 1.54) is 24.3 Å². The van der Waals surface area contributed by atoms with E-state index in [9.17, 15) is 13.5 Å². The molecule has 1 N–H and O–H groups in total. The van der Waals surface area contributed by atoms with Crippen molar-refractivity contribution in [3.8, 4) is 0 Å². The molecule has 1 atom stereocenters. The Morgan fingerprint density at radius 1 is 1.25 bits per heavy atom. The lowest BCUT2D eigenvalue weighted by molar-refractivity contribution is 0.181. The van der Waals surface area contributed by atoms with Crippen LogP contribution in [0.2, 0.25) is 5.02 Å². The predicted octanol–water partition coefficient (Wildman–Crippen LogP) is 2.55. The lowest BCUT2D eigenvalue weighted by atomic mass is 10.1. The summed E-state index contributed by atoms with van der Waals surface area (Å²) in [7, 11) is -3.81. The van der Waals surface area contributed by atoms with E-state index in [-0.39, 0.29) is 5.56 Å². The average molecular weight is 304 g/mol. The molecule has 1 unspecified atom stereocenters. The van der Waals surface area contributed by atoms with Crippen molar-refractivity contribution >= 4 is 44.6 Å². The predicted molar refractivity (Wildman–Crippen MR) is 65.7 cm³/mol. The summed E-state index contributed by atoms with van der Waals surface area (Å²) < 4.78 is 20.3. The zero-order chi connectivity index (χ0) is 12.6. The Labute approximate surface area is 109 Å². The zero-order valence-electron chi connectivity index (χ0n) is 8.19. The van der Waals surface area contributed by atoms with Crippen molar-refractivity contribution in [2.75, 3.05) is 6.26 Å². The Hall–Kier alpha value is -0.000000000000000111. The van der Waals surface area contributed by atoms with Gasteiger partial charge in [0, 0.05) is 11.3 Å². The third-order valence-electron chi connectivity index (χ3n) is 2.00. The third-order valence-corrected chi connectivity index (χ3v) is 5.56. The van der Waals surface area contributed by atoms with E-state index in [4.69, 9.17) is 34.8 Å². The Bertz CT molecular complexity index is 467. The van der Waals surface area contributed by atoms with E-state index in [0.717, 1.165) is 6.26 Å². The molecule has 16 heavy (non-hydrogen) atoms. The monoisotopic (exact) mass is 302 g/mol. The summed E-state index contributed by atoms with van der Waals surface area (Å²) in [4.78, 5) is 0. The van der Waals surface area contributed by atoms with Crippen LogP contribution in [0.4, 0.5) is 0 Å². The van der Waals surface area contributed by atoms with Crippen molar-refractivity contribution in [1.29, 1.82) is 0 Å². The van der Waals surface area contributed by atoms with Crippen LogP contribution in [0.25, 0.3) is 0 Å². The minimum absolute atomic E-state index is 0.278. The molecule has 1 rings (SSSR count). The van der Waals surface area contributed by atoms with Gasteiger partial charge in [-0.15, -0.1) is 0 Å². The highest BCUT2D eigenvalue weighted by atomic mass is 35.5. The van der Waals surface area contributed by atoms with Crippen molar-refractivity contribution in [3.63, 3.8) is 0 Å². The van der Waals surface area contributed by atoms with Crippen molar-refractivity contribution in [3.05, 3.63) is 34.9 Å². The summed E-state index contributed by atoms with van der Waals surface area (Å²) in [5.74, 6) is 0. The summed E-state index contributed by atoms with van der Waals surface area (Å²) in [6.45, 7) is 0. The lowest BCUT2D eigenvalue weighted by Gasteiger charge is -2.24. The van der Waals surface area contributed by atoms with Crippen LogP contribution in [0.1, 0.15) is 11.7 Å². The molecule has 1 aromatic rings. The van der Waals surface area contributed by atoms with Gasteiger partial charge >= 0.3 is 0 Å². The molecule has 1 aromatic carbocycles. The Morgan fingerprint density at radius 2 is 1.69 bits per heavy atom. The van der Waals surface area contributed by atoms with Crippen LogP contribution < -0.4 is 0 Å². The molecule has 0 amide bonds. The molecule has 0 aliphatic rings. The summed E-state index contributed by atoms with van der Waals surface area (Å²) >= 11 is 16.9. The molecule has 3 nitrogen and oxygen atoms in total. The van der Waals surface area contributed by atoms with E-state index in [0.29, 0.717) is 5.02 Å². The SMILES string of the molecule is CS(=O)(=O)C(Cl)(Cl)C(O)c1ccc(Cl)cc1. The molecule has 0 spiro atoms. The van der Waals surface area contributed by atoms with E-state index >= 15 is 0 Å². The number of aliphatic hydroxyl groups is 1. The maximum atomic E-state index is 11.3. The topological polar surface area (TPSA) is 54.4 Å². The minimum Gasteiger partial charge on any atom is -0.384 e. The second kappa shape index (κ2) is 4.70. The molecule has 0 fully saturated rings. The van der Waals surface area contributed by atoms with Crippen LogP contribution in [-0.2, 0) is 9.84 Å². The number of hydrogen-bond donors (Lipinski definition) is 1. The van der Waals surface area contributed by atoms with Gasteiger partial charge in [0.1, 0.15) is 6.10 Å². The molecule has 0 bridgehead atoms. The Morgan fingerprint density at radius 3 is 2.06 bits per heavy atom. The van der Waals surface area contributed by atoms with E-state index in [1.807, 2.05) is 0 Å². The summed E-state index contributed by atoms with van der Waals surface area (Å²) in [5, 5.41) is 10.3. The maximum absolute atomic E-state index is 11.3. The van der Waals surface area contributed by atoms with Gasteiger partial charge in [-0.05, 0) is 17.7 Å². The second-order valence-corrected chi connectivity index (χ2v) is 7.75. The van der Waals surface area contributed by atoms with Crippen LogP contribution in [0.5, 0.6) is 0 Å². The number of alkyl halides is 2. The fraction of sp³-hybridized carbons (Fsp3) is 0.333. The first kappa shape index (κ1) is 14.1. The van der Waals surface area contributed by atoms with E-state index in [1.54, 1.807) is 0 Å². The molecular formula is C9H9Cl3O3S. The average Bonchev–Trinajstić information content (AvgIpc) is 2.16. The number of hydrogen-bond acceptors (Lipinski definition) is 3. The van der Waals surface area contributed by atoms with Crippen molar-refractivity contribution < 1.29 is 13.5 Å². The molecule has 0 saturated carbocycles. The largest absolute Gasteiger partial charge is 0.384 e. The molecule has 7 heteroatoms. The van der Waals surface area contributed by atoms with Crippen molar-refractivity contribution in [1.82, 2.24) is 0 Å².